The Morgan fingerprint density at radius 3 is 2.82 bits per heavy atom. The topological polar surface area (TPSA) is 51.2 Å². The van der Waals surface area contributed by atoms with Crippen LogP contribution in [0.5, 0.6) is 0 Å². The van der Waals surface area contributed by atoms with Crippen molar-refractivity contribution in [1.29, 1.82) is 0 Å². The summed E-state index contributed by atoms with van der Waals surface area (Å²) in [5.74, 6) is -0.489. The van der Waals surface area contributed by atoms with E-state index in [0.29, 0.717) is 0 Å². The molecule has 1 rings (SSSR count). The number of rotatable bonds is 4. The van der Waals surface area contributed by atoms with Gasteiger partial charge in [0.25, 0.3) is 5.91 Å². The number of pyridine rings is 1. The molecule has 4 nitrogen and oxygen atoms in total. The fourth-order valence-corrected chi connectivity index (χ4v) is 1.07. The molecule has 7 heteroatoms. The second kappa shape index (κ2) is 5.62. The molecule has 94 valence electrons. The molecule has 1 aromatic rings. The number of nitrogens with one attached hydrogen (secondary N) is 1. The lowest BCUT2D eigenvalue weighted by atomic mass is 10.2. The smallest absolute Gasteiger partial charge is 0.347 e. The first-order valence-electron chi connectivity index (χ1n) is 4.80. The van der Waals surface area contributed by atoms with E-state index < -0.39 is 24.9 Å². The molecule has 1 N–H and O–H groups in total. The molecular weight excluding hydrogens is 237 g/mol. The van der Waals surface area contributed by atoms with Gasteiger partial charge in [0.15, 0.2) is 0 Å². The maximum absolute atomic E-state index is 11.7. The van der Waals surface area contributed by atoms with Crippen molar-refractivity contribution in [3.8, 4) is 0 Å². The van der Waals surface area contributed by atoms with Gasteiger partial charge in [-0.2, -0.15) is 0 Å². The fourth-order valence-electron chi connectivity index (χ4n) is 1.07. The Balaban J connectivity index is 2.42. The van der Waals surface area contributed by atoms with Gasteiger partial charge in [0, 0.05) is 12.4 Å². The first kappa shape index (κ1) is 13.4. The summed E-state index contributed by atoms with van der Waals surface area (Å²) in [6.07, 6.45) is -1.87. The average Bonchev–Trinajstić information content (AvgIpc) is 2.27. The first-order valence-corrected chi connectivity index (χ1v) is 4.80. The van der Waals surface area contributed by atoms with Crippen molar-refractivity contribution in [2.75, 3.05) is 6.61 Å². The lowest BCUT2D eigenvalue weighted by molar-refractivity contribution is -0.325. The standard InChI is InChI=1S/C10H11F3N2O2/c1-7(6-17-10(11,12)13)15-9(16)8-3-2-4-14-5-8/h2-5,7H,6H2,1H3,(H,15,16). The van der Waals surface area contributed by atoms with Gasteiger partial charge in [-0.05, 0) is 19.1 Å². The molecule has 0 bridgehead atoms. The predicted octanol–water partition coefficient (Wildman–Crippen LogP) is 1.74. The summed E-state index contributed by atoms with van der Waals surface area (Å²) in [6.45, 7) is 0.787. The number of aromatic nitrogens is 1. The van der Waals surface area contributed by atoms with Crippen LogP contribution in [0.2, 0.25) is 0 Å². The first-order chi connectivity index (χ1) is 7.88. The zero-order chi connectivity index (χ0) is 12.9. The summed E-state index contributed by atoms with van der Waals surface area (Å²) < 4.78 is 38.8. The SMILES string of the molecule is CC(COC(F)(F)F)NC(=O)c1cccnc1. The lowest BCUT2D eigenvalue weighted by Gasteiger charge is -2.15. The summed E-state index contributed by atoms with van der Waals surface area (Å²) in [5, 5.41) is 2.36. The average molecular weight is 248 g/mol. The van der Waals surface area contributed by atoms with Crippen LogP contribution in [0.4, 0.5) is 13.2 Å². The van der Waals surface area contributed by atoms with Crippen LogP contribution in [0, 0.1) is 0 Å². The van der Waals surface area contributed by atoms with Gasteiger partial charge in [-0.1, -0.05) is 0 Å². The Bertz CT molecular complexity index is 368. The number of hydrogen-bond donors (Lipinski definition) is 1. The molecule has 0 saturated heterocycles. The molecule has 0 aliphatic carbocycles. The third kappa shape index (κ3) is 5.30. The Morgan fingerprint density at radius 2 is 2.29 bits per heavy atom. The van der Waals surface area contributed by atoms with Gasteiger partial charge >= 0.3 is 6.36 Å². The van der Waals surface area contributed by atoms with E-state index in [-0.39, 0.29) is 5.56 Å². The second-order valence-corrected chi connectivity index (χ2v) is 3.37. The van der Waals surface area contributed by atoms with Crippen LogP contribution in [0.25, 0.3) is 0 Å². The third-order valence-corrected chi connectivity index (χ3v) is 1.80. The van der Waals surface area contributed by atoms with Crippen molar-refractivity contribution in [2.45, 2.75) is 19.3 Å². The van der Waals surface area contributed by atoms with E-state index in [0.717, 1.165) is 0 Å². The maximum Gasteiger partial charge on any atom is 0.522 e. The number of carbonyl (C=O) groups excluding carboxylic acids is 1. The van der Waals surface area contributed by atoms with Crippen LogP contribution in [0.1, 0.15) is 17.3 Å². The molecule has 0 aromatic carbocycles. The van der Waals surface area contributed by atoms with E-state index >= 15 is 0 Å². The van der Waals surface area contributed by atoms with Crippen molar-refractivity contribution in [3.05, 3.63) is 30.1 Å². The summed E-state index contributed by atoms with van der Waals surface area (Å²) in [7, 11) is 0. The fraction of sp³-hybridized carbons (Fsp3) is 0.400. The van der Waals surface area contributed by atoms with Gasteiger partial charge in [0.2, 0.25) is 0 Å². The summed E-state index contributed by atoms with van der Waals surface area (Å²) in [6, 6.07) is 2.33. The number of nitrogens with zero attached hydrogens (tertiary/aromatic N) is 1. The Kier molecular flexibility index (Phi) is 4.45. The third-order valence-electron chi connectivity index (χ3n) is 1.80. The van der Waals surface area contributed by atoms with Crippen molar-refractivity contribution in [3.63, 3.8) is 0 Å². The molecule has 0 saturated carbocycles. The molecule has 1 amide bonds. The van der Waals surface area contributed by atoms with Gasteiger partial charge < -0.3 is 5.32 Å². The Morgan fingerprint density at radius 1 is 1.59 bits per heavy atom. The van der Waals surface area contributed by atoms with Gasteiger partial charge in [0.05, 0.1) is 18.2 Å². The Labute approximate surface area is 95.8 Å². The van der Waals surface area contributed by atoms with E-state index in [1.54, 1.807) is 6.07 Å². The molecule has 17 heavy (non-hydrogen) atoms. The summed E-state index contributed by atoms with van der Waals surface area (Å²) >= 11 is 0. The number of ether oxygens (including phenoxy) is 1. The van der Waals surface area contributed by atoms with E-state index in [4.69, 9.17) is 0 Å². The van der Waals surface area contributed by atoms with Crippen LogP contribution in [0.15, 0.2) is 24.5 Å². The minimum absolute atomic E-state index is 0.284. The highest BCUT2D eigenvalue weighted by atomic mass is 19.4. The molecule has 0 radical (unpaired) electrons. The minimum Gasteiger partial charge on any atom is -0.347 e. The predicted molar refractivity (Wildman–Crippen MR) is 53.2 cm³/mol. The van der Waals surface area contributed by atoms with E-state index in [9.17, 15) is 18.0 Å². The molecule has 1 atom stereocenters. The number of hydrogen-bond acceptors (Lipinski definition) is 3. The molecule has 0 aliphatic rings. The molecule has 1 unspecified atom stereocenters. The summed E-state index contributed by atoms with van der Waals surface area (Å²) in [5.41, 5.74) is 0.284. The number of amides is 1. The molecular formula is C10H11F3N2O2. The van der Waals surface area contributed by atoms with E-state index in [1.807, 2.05) is 0 Å². The van der Waals surface area contributed by atoms with Crippen molar-refractivity contribution in [1.82, 2.24) is 10.3 Å². The maximum atomic E-state index is 11.7. The zero-order valence-corrected chi connectivity index (χ0v) is 8.99. The van der Waals surface area contributed by atoms with Gasteiger partial charge in [0.1, 0.15) is 0 Å². The lowest BCUT2D eigenvalue weighted by Crippen LogP contribution is -2.37. The minimum atomic E-state index is -4.69. The van der Waals surface area contributed by atoms with Crippen molar-refractivity contribution in [2.24, 2.45) is 0 Å². The van der Waals surface area contributed by atoms with Gasteiger partial charge in [-0.15, -0.1) is 13.2 Å². The van der Waals surface area contributed by atoms with Crippen molar-refractivity contribution >= 4 is 5.91 Å². The number of carbonyl (C=O) groups is 1. The monoisotopic (exact) mass is 248 g/mol. The number of alkyl halides is 3. The molecule has 1 heterocycles. The van der Waals surface area contributed by atoms with Crippen LogP contribution >= 0.6 is 0 Å². The second-order valence-electron chi connectivity index (χ2n) is 3.37. The van der Waals surface area contributed by atoms with Crippen LogP contribution in [0.3, 0.4) is 0 Å². The van der Waals surface area contributed by atoms with E-state index in [2.05, 4.69) is 15.0 Å². The van der Waals surface area contributed by atoms with Crippen molar-refractivity contribution < 1.29 is 22.7 Å². The normalized spacial score (nSPS) is 13.2. The molecule has 0 fully saturated rings. The van der Waals surface area contributed by atoms with Crippen LogP contribution in [-0.2, 0) is 4.74 Å². The van der Waals surface area contributed by atoms with Crippen LogP contribution in [-0.4, -0.2) is 29.9 Å². The molecule has 0 aliphatic heterocycles. The van der Waals surface area contributed by atoms with Crippen LogP contribution < -0.4 is 5.32 Å². The van der Waals surface area contributed by atoms with Gasteiger partial charge in [-0.3, -0.25) is 14.5 Å². The molecule has 0 spiro atoms. The quantitative estimate of drug-likeness (QED) is 0.882. The highest BCUT2D eigenvalue weighted by molar-refractivity contribution is 5.93. The highest BCUT2D eigenvalue weighted by Crippen LogP contribution is 2.16. The largest absolute Gasteiger partial charge is 0.522 e. The number of halogens is 3. The Hall–Kier alpha value is -1.63. The van der Waals surface area contributed by atoms with Gasteiger partial charge in [-0.25, -0.2) is 0 Å². The summed E-state index contributed by atoms with van der Waals surface area (Å²) in [4.78, 5) is 15.2. The highest BCUT2D eigenvalue weighted by Gasteiger charge is 2.29. The molecule has 1 aromatic heterocycles. The van der Waals surface area contributed by atoms with E-state index in [1.165, 1.54) is 25.4 Å². The zero-order valence-electron chi connectivity index (χ0n) is 8.99.